The minimum atomic E-state index is 0.605. The van der Waals surface area contributed by atoms with Gasteiger partial charge < -0.3 is 9.80 Å². The topological polar surface area (TPSA) is 36.7 Å². The number of hydrogen-bond acceptors (Lipinski definition) is 3. The molecule has 0 spiro atoms. The van der Waals surface area contributed by atoms with Crippen LogP contribution < -0.4 is 0 Å². The summed E-state index contributed by atoms with van der Waals surface area (Å²) in [5, 5.41) is 4.39. The fourth-order valence-electron chi connectivity index (χ4n) is 5.16. The Kier molecular flexibility index (Phi) is 5.72. The molecular weight excluding hydrogens is 346 g/mol. The summed E-state index contributed by atoms with van der Waals surface area (Å²) in [6.45, 7) is 4.64. The molecule has 4 rings (SSSR count). The van der Waals surface area contributed by atoms with Gasteiger partial charge in [0.05, 0.1) is 5.69 Å². The minimum Gasteiger partial charge on any atom is -0.357 e. The maximum Gasteiger partial charge on any atom is 0.126 e. The van der Waals surface area contributed by atoms with Crippen LogP contribution in [0.25, 0.3) is 5.57 Å². The number of allylic oxidation sites excluding steroid dienone is 3. The lowest BCUT2D eigenvalue weighted by Crippen LogP contribution is -2.46. The van der Waals surface area contributed by atoms with Crippen molar-refractivity contribution in [3.63, 3.8) is 0 Å². The number of likely N-dealkylation sites (tertiary alicyclic amines) is 1. The molecule has 5 nitrogen and oxygen atoms in total. The molecule has 152 valence electrons. The van der Waals surface area contributed by atoms with E-state index in [0.29, 0.717) is 6.04 Å². The Balaban J connectivity index is 1.56. The van der Waals surface area contributed by atoms with Crippen LogP contribution in [-0.4, -0.2) is 64.7 Å². The summed E-state index contributed by atoms with van der Waals surface area (Å²) in [5.41, 5.74) is 5.44. The number of aliphatic imine (C=N–C) groups is 1. The SMILES string of the molecule is CC=C(C1=C(C(=NC)N(C)C2CCN(C3CC3)CC2)CCC1)c1ccnn1C. The molecule has 0 unspecified atom stereocenters. The van der Waals surface area contributed by atoms with E-state index in [1.54, 1.807) is 0 Å². The number of hydrogen-bond donors (Lipinski definition) is 0. The third kappa shape index (κ3) is 3.69. The zero-order chi connectivity index (χ0) is 19.7. The van der Waals surface area contributed by atoms with Crippen molar-refractivity contribution in [2.24, 2.45) is 12.0 Å². The number of amidine groups is 1. The number of rotatable bonds is 5. The van der Waals surface area contributed by atoms with Gasteiger partial charge in [0, 0.05) is 52.5 Å². The third-order valence-corrected chi connectivity index (χ3v) is 6.85. The number of nitrogens with zero attached hydrogens (tertiary/aromatic N) is 5. The Morgan fingerprint density at radius 2 is 1.89 bits per heavy atom. The molecule has 0 amide bonds. The van der Waals surface area contributed by atoms with E-state index >= 15 is 0 Å². The highest BCUT2D eigenvalue weighted by Gasteiger charge is 2.34. The fraction of sp³-hybridized carbons (Fsp3) is 0.652. The van der Waals surface area contributed by atoms with Crippen molar-refractivity contribution in [2.45, 2.75) is 64.0 Å². The monoisotopic (exact) mass is 381 g/mol. The number of aryl methyl sites for hydroxylation is 1. The number of piperidine rings is 1. The average Bonchev–Trinajstić information content (AvgIpc) is 3.33. The second-order valence-corrected chi connectivity index (χ2v) is 8.51. The molecule has 1 saturated carbocycles. The van der Waals surface area contributed by atoms with Gasteiger partial charge in [-0.1, -0.05) is 6.08 Å². The summed E-state index contributed by atoms with van der Waals surface area (Å²) in [4.78, 5) is 9.99. The molecule has 5 heteroatoms. The van der Waals surface area contributed by atoms with Crippen LogP contribution in [0.5, 0.6) is 0 Å². The number of aromatic nitrogens is 2. The molecular formula is C23H35N5. The summed E-state index contributed by atoms with van der Waals surface area (Å²) < 4.78 is 1.98. The summed E-state index contributed by atoms with van der Waals surface area (Å²) in [7, 11) is 6.26. The van der Waals surface area contributed by atoms with Gasteiger partial charge in [-0.25, -0.2) is 0 Å². The molecule has 0 bridgehead atoms. The zero-order valence-electron chi connectivity index (χ0n) is 18.0. The molecule has 0 N–H and O–H groups in total. The van der Waals surface area contributed by atoms with Gasteiger partial charge in [-0.05, 0) is 74.7 Å². The van der Waals surface area contributed by atoms with Crippen molar-refractivity contribution < 1.29 is 0 Å². The Hall–Kier alpha value is -1.88. The molecule has 2 heterocycles. The largest absolute Gasteiger partial charge is 0.357 e. The van der Waals surface area contributed by atoms with Gasteiger partial charge in [0.15, 0.2) is 0 Å². The van der Waals surface area contributed by atoms with Gasteiger partial charge in [0.1, 0.15) is 5.84 Å². The van der Waals surface area contributed by atoms with E-state index < -0.39 is 0 Å². The van der Waals surface area contributed by atoms with Gasteiger partial charge in [-0.2, -0.15) is 5.10 Å². The smallest absolute Gasteiger partial charge is 0.126 e. The summed E-state index contributed by atoms with van der Waals surface area (Å²) >= 11 is 0. The Morgan fingerprint density at radius 3 is 2.46 bits per heavy atom. The second-order valence-electron chi connectivity index (χ2n) is 8.51. The highest BCUT2D eigenvalue weighted by Crippen LogP contribution is 2.38. The normalized spacial score (nSPS) is 23.0. The molecule has 3 aliphatic rings. The van der Waals surface area contributed by atoms with E-state index in [1.165, 1.54) is 73.4 Å². The summed E-state index contributed by atoms with van der Waals surface area (Å²) in [5.74, 6) is 1.21. The molecule has 0 aromatic carbocycles. The van der Waals surface area contributed by atoms with E-state index in [2.05, 4.69) is 41.0 Å². The first-order chi connectivity index (χ1) is 13.6. The maximum atomic E-state index is 4.80. The van der Waals surface area contributed by atoms with Crippen molar-refractivity contribution in [2.75, 3.05) is 27.2 Å². The van der Waals surface area contributed by atoms with E-state index in [4.69, 9.17) is 4.99 Å². The predicted octanol–water partition coefficient (Wildman–Crippen LogP) is 3.89. The van der Waals surface area contributed by atoms with Crippen LogP contribution in [0.1, 0.15) is 57.6 Å². The quantitative estimate of drug-likeness (QED) is 0.573. The summed E-state index contributed by atoms with van der Waals surface area (Å²) in [6.07, 6.45) is 13.0. The lowest BCUT2D eigenvalue weighted by Gasteiger charge is -2.38. The van der Waals surface area contributed by atoms with E-state index in [1.807, 2.05) is 25.0 Å². The van der Waals surface area contributed by atoms with Crippen LogP contribution in [0, 0.1) is 0 Å². The van der Waals surface area contributed by atoms with E-state index in [-0.39, 0.29) is 0 Å². The van der Waals surface area contributed by atoms with Crippen LogP contribution in [0.2, 0.25) is 0 Å². The van der Waals surface area contributed by atoms with Gasteiger partial charge in [-0.3, -0.25) is 9.67 Å². The van der Waals surface area contributed by atoms with E-state index in [9.17, 15) is 0 Å². The van der Waals surface area contributed by atoms with Crippen LogP contribution >= 0.6 is 0 Å². The van der Waals surface area contributed by atoms with Crippen molar-refractivity contribution in [1.29, 1.82) is 0 Å². The van der Waals surface area contributed by atoms with Crippen molar-refractivity contribution in [3.05, 3.63) is 35.2 Å². The first-order valence-corrected chi connectivity index (χ1v) is 10.9. The highest BCUT2D eigenvalue weighted by molar-refractivity contribution is 6.03. The molecule has 28 heavy (non-hydrogen) atoms. The molecule has 0 radical (unpaired) electrons. The van der Waals surface area contributed by atoms with Crippen LogP contribution in [0.4, 0.5) is 0 Å². The van der Waals surface area contributed by atoms with Crippen molar-refractivity contribution in [1.82, 2.24) is 19.6 Å². The lowest BCUT2D eigenvalue weighted by atomic mass is 9.96. The molecule has 2 fully saturated rings. The lowest BCUT2D eigenvalue weighted by molar-refractivity contribution is 0.159. The number of likely N-dealkylation sites (N-methyl/N-ethyl adjacent to an activating group) is 1. The third-order valence-electron chi connectivity index (χ3n) is 6.85. The Labute approximate surface area is 169 Å². The summed E-state index contributed by atoms with van der Waals surface area (Å²) in [6, 6.07) is 3.62. The van der Waals surface area contributed by atoms with Gasteiger partial charge in [0.25, 0.3) is 0 Å². The molecule has 1 aromatic heterocycles. The second kappa shape index (κ2) is 8.24. The molecule has 2 aliphatic carbocycles. The van der Waals surface area contributed by atoms with Crippen LogP contribution in [0.15, 0.2) is 34.5 Å². The standard InChI is InChI=1S/C23H35N5/c1-5-19(22-11-14-25-27(22)4)20-7-6-8-21(20)23(24-2)26(3)17-12-15-28(16-13-17)18-9-10-18/h5,11,14,17-18H,6-10,12-13,15-16H2,1-4H3. The fourth-order valence-corrected chi connectivity index (χ4v) is 5.16. The van der Waals surface area contributed by atoms with Gasteiger partial charge >= 0.3 is 0 Å². The van der Waals surface area contributed by atoms with Crippen LogP contribution in [0.3, 0.4) is 0 Å². The van der Waals surface area contributed by atoms with Crippen LogP contribution in [-0.2, 0) is 7.05 Å². The molecule has 1 aromatic rings. The molecule has 1 aliphatic heterocycles. The van der Waals surface area contributed by atoms with Crippen molar-refractivity contribution in [3.8, 4) is 0 Å². The van der Waals surface area contributed by atoms with Crippen molar-refractivity contribution >= 4 is 11.4 Å². The first kappa shape index (κ1) is 19.4. The molecule has 0 atom stereocenters. The van der Waals surface area contributed by atoms with Gasteiger partial charge in [-0.15, -0.1) is 0 Å². The Morgan fingerprint density at radius 1 is 1.18 bits per heavy atom. The highest BCUT2D eigenvalue weighted by atomic mass is 15.3. The zero-order valence-corrected chi connectivity index (χ0v) is 18.0. The maximum absolute atomic E-state index is 4.80. The predicted molar refractivity (Wildman–Crippen MR) is 116 cm³/mol. The van der Waals surface area contributed by atoms with Gasteiger partial charge in [0.2, 0.25) is 0 Å². The molecule has 1 saturated heterocycles. The Bertz CT molecular complexity index is 788. The first-order valence-electron chi connectivity index (χ1n) is 10.9. The average molecular weight is 382 g/mol. The van der Waals surface area contributed by atoms with E-state index in [0.717, 1.165) is 18.9 Å². The minimum absolute atomic E-state index is 0.605.